The Morgan fingerprint density at radius 2 is 2.17 bits per heavy atom. The highest BCUT2D eigenvalue weighted by Gasteiger charge is 2.47. The topological polar surface area (TPSA) is 55.6 Å². The summed E-state index contributed by atoms with van der Waals surface area (Å²) in [6.45, 7) is 2.90. The standard InChI is InChI=1S/C20H28N2O2/c21-14-20(9-4-10-20)18-7-1-2-11-22(18)19(23)16-6-3-5-15-8-12-24-13-17(15)16/h3,5-6,18H,1-2,4,7-14,21H2. The molecule has 4 rings (SSSR count). The zero-order valence-corrected chi connectivity index (χ0v) is 14.4. The number of nitrogens with two attached hydrogens (primary N) is 1. The van der Waals surface area contributed by atoms with Gasteiger partial charge < -0.3 is 15.4 Å². The Bertz CT molecular complexity index is 619. The molecule has 0 spiro atoms. The lowest BCUT2D eigenvalue weighted by Crippen LogP contribution is -2.58. The number of nitrogens with zero attached hydrogens (tertiary/aromatic N) is 1. The molecule has 1 aromatic rings. The second-order valence-corrected chi connectivity index (χ2v) is 7.68. The van der Waals surface area contributed by atoms with E-state index >= 15 is 0 Å². The van der Waals surface area contributed by atoms with Crippen molar-refractivity contribution < 1.29 is 9.53 Å². The molecule has 1 aromatic carbocycles. The molecule has 1 atom stereocenters. The summed E-state index contributed by atoms with van der Waals surface area (Å²) in [5.41, 5.74) is 9.55. The van der Waals surface area contributed by atoms with Crippen LogP contribution in [0.4, 0.5) is 0 Å². The summed E-state index contributed by atoms with van der Waals surface area (Å²) in [7, 11) is 0. The van der Waals surface area contributed by atoms with Crippen LogP contribution in [0.2, 0.25) is 0 Å². The van der Waals surface area contributed by atoms with Crippen molar-refractivity contribution in [2.45, 2.75) is 57.6 Å². The largest absolute Gasteiger partial charge is 0.376 e. The summed E-state index contributed by atoms with van der Waals surface area (Å²) in [6, 6.07) is 6.46. The van der Waals surface area contributed by atoms with Crippen molar-refractivity contribution in [3.05, 3.63) is 34.9 Å². The van der Waals surface area contributed by atoms with Gasteiger partial charge in [-0.3, -0.25) is 4.79 Å². The van der Waals surface area contributed by atoms with Gasteiger partial charge in [-0.05, 0) is 62.3 Å². The summed E-state index contributed by atoms with van der Waals surface area (Å²) < 4.78 is 5.63. The first-order valence-electron chi connectivity index (χ1n) is 9.45. The van der Waals surface area contributed by atoms with Crippen LogP contribution in [0.25, 0.3) is 0 Å². The first-order chi connectivity index (χ1) is 11.7. The minimum Gasteiger partial charge on any atom is -0.376 e. The van der Waals surface area contributed by atoms with E-state index in [9.17, 15) is 4.79 Å². The number of benzene rings is 1. The van der Waals surface area contributed by atoms with E-state index in [0.717, 1.165) is 43.5 Å². The van der Waals surface area contributed by atoms with Crippen molar-refractivity contribution in [2.24, 2.45) is 11.1 Å². The molecule has 24 heavy (non-hydrogen) atoms. The lowest BCUT2D eigenvalue weighted by Gasteiger charge is -2.53. The molecule has 2 N–H and O–H groups in total. The predicted octanol–water partition coefficient (Wildman–Crippen LogP) is 2.88. The van der Waals surface area contributed by atoms with E-state index in [1.165, 1.54) is 31.2 Å². The van der Waals surface area contributed by atoms with Gasteiger partial charge >= 0.3 is 0 Å². The summed E-state index contributed by atoms with van der Waals surface area (Å²) in [5.74, 6) is 0.196. The van der Waals surface area contributed by atoms with Crippen LogP contribution in [0.3, 0.4) is 0 Å². The number of hydrogen-bond acceptors (Lipinski definition) is 3. The third kappa shape index (κ3) is 2.56. The molecule has 1 saturated carbocycles. The second kappa shape index (κ2) is 6.49. The number of ether oxygens (including phenoxy) is 1. The van der Waals surface area contributed by atoms with Gasteiger partial charge in [0.25, 0.3) is 5.91 Å². The molecule has 1 amide bonds. The van der Waals surface area contributed by atoms with Crippen molar-refractivity contribution in [1.29, 1.82) is 0 Å². The molecule has 4 heteroatoms. The monoisotopic (exact) mass is 328 g/mol. The average molecular weight is 328 g/mol. The average Bonchev–Trinajstić information content (AvgIpc) is 2.61. The normalized spacial score (nSPS) is 25.7. The van der Waals surface area contributed by atoms with Crippen molar-refractivity contribution in [1.82, 2.24) is 4.90 Å². The van der Waals surface area contributed by atoms with Gasteiger partial charge in [0.2, 0.25) is 0 Å². The minimum absolute atomic E-state index is 0.168. The number of carbonyl (C=O) groups is 1. The van der Waals surface area contributed by atoms with E-state index in [1.807, 2.05) is 12.1 Å². The van der Waals surface area contributed by atoms with Gasteiger partial charge in [-0.2, -0.15) is 0 Å². The summed E-state index contributed by atoms with van der Waals surface area (Å²) >= 11 is 0. The fourth-order valence-electron chi connectivity index (χ4n) is 4.87. The highest BCUT2D eigenvalue weighted by molar-refractivity contribution is 5.96. The number of amides is 1. The van der Waals surface area contributed by atoms with E-state index in [-0.39, 0.29) is 11.3 Å². The molecule has 3 aliphatic rings. The van der Waals surface area contributed by atoms with Gasteiger partial charge in [-0.1, -0.05) is 18.6 Å². The Labute approximate surface area is 144 Å². The molecule has 4 nitrogen and oxygen atoms in total. The molecule has 2 heterocycles. The molecule has 0 aromatic heterocycles. The van der Waals surface area contributed by atoms with E-state index in [0.29, 0.717) is 19.2 Å². The minimum atomic E-state index is 0.168. The van der Waals surface area contributed by atoms with Gasteiger partial charge in [0, 0.05) is 23.6 Å². The van der Waals surface area contributed by atoms with Crippen LogP contribution in [-0.2, 0) is 17.8 Å². The Hall–Kier alpha value is -1.39. The van der Waals surface area contributed by atoms with E-state index in [4.69, 9.17) is 10.5 Å². The van der Waals surface area contributed by atoms with E-state index in [2.05, 4.69) is 11.0 Å². The fraction of sp³-hybridized carbons (Fsp3) is 0.650. The molecule has 1 aliphatic carbocycles. The van der Waals surface area contributed by atoms with Gasteiger partial charge in [0.1, 0.15) is 0 Å². The Morgan fingerprint density at radius 1 is 1.29 bits per heavy atom. The van der Waals surface area contributed by atoms with Crippen molar-refractivity contribution >= 4 is 5.91 Å². The number of fused-ring (bicyclic) bond motifs is 1. The SMILES string of the molecule is NCC1(C2CCCCN2C(=O)c2cccc3c2COCC3)CCC1. The van der Waals surface area contributed by atoms with Crippen molar-refractivity contribution in [3.63, 3.8) is 0 Å². The van der Waals surface area contributed by atoms with Crippen molar-refractivity contribution in [3.8, 4) is 0 Å². The first-order valence-corrected chi connectivity index (χ1v) is 9.45. The first kappa shape index (κ1) is 16.1. The van der Waals surface area contributed by atoms with Crippen LogP contribution in [0.5, 0.6) is 0 Å². The Kier molecular flexibility index (Phi) is 4.35. The summed E-state index contributed by atoms with van der Waals surface area (Å²) in [6.07, 6.45) is 7.94. The molecule has 2 aliphatic heterocycles. The predicted molar refractivity (Wildman–Crippen MR) is 93.8 cm³/mol. The van der Waals surface area contributed by atoms with Crippen LogP contribution in [0.1, 0.15) is 60.0 Å². The third-order valence-corrected chi connectivity index (χ3v) is 6.49. The van der Waals surface area contributed by atoms with Crippen LogP contribution in [0.15, 0.2) is 18.2 Å². The summed E-state index contributed by atoms with van der Waals surface area (Å²) in [4.78, 5) is 15.6. The highest BCUT2D eigenvalue weighted by atomic mass is 16.5. The molecule has 2 fully saturated rings. The number of carbonyl (C=O) groups excluding carboxylic acids is 1. The van der Waals surface area contributed by atoms with Gasteiger partial charge in [-0.25, -0.2) is 0 Å². The maximum Gasteiger partial charge on any atom is 0.254 e. The van der Waals surface area contributed by atoms with E-state index < -0.39 is 0 Å². The highest BCUT2D eigenvalue weighted by Crippen LogP contribution is 2.48. The summed E-state index contributed by atoms with van der Waals surface area (Å²) in [5, 5.41) is 0. The maximum atomic E-state index is 13.4. The van der Waals surface area contributed by atoms with Crippen LogP contribution >= 0.6 is 0 Å². The molecule has 1 saturated heterocycles. The zero-order valence-electron chi connectivity index (χ0n) is 14.4. The quantitative estimate of drug-likeness (QED) is 0.928. The van der Waals surface area contributed by atoms with Crippen LogP contribution in [0, 0.1) is 5.41 Å². The number of likely N-dealkylation sites (tertiary alicyclic amines) is 1. The Balaban J connectivity index is 1.65. The fourth-order valence-corrected chi connectivity index (χ4v) is 4.87. The molecule has 0 radical (unpaired) electrons. The van der Waals surface area contributed by atoms with Crippen LogP contribution < -0.4 is 5.73 Å². The van der Waals surface area contributed by atoms with Gasteiger partial charge in [-0.15, -0.1) is 0 Å². The third-order valence-electron chi connectivity index (χ3n) is 6.49. The second-order valence-electron chi connectivity index (χ2n) is 7.68. The van der Waals surface area contributed by atoms with Gasteiger partial charge in [0.15, 0.2) is 0 Å². The Morgan fingerprint density at radius 3 is 2.92 bits per heavy atom. The molecular formula is C20H28N2O2. The smallest absolute Gasteiger partial charge is 0.254 e. The maximum absolute atomic E-state index is 13.4. The van der Waals surface area contributed by atoms with Gasteiger partial charge in [0.05, 0.1) is 13.2 Å². The molecular weight excluding hydrogens is 300 g/mol. The van der Waals surface area contributed by atoms with E-state index in [1.54, 1.807) is 0 Å². The van der Waals surface area contributed by atoms with Crippen LogP contribution in [-0.4, -0.2) is 36.5 Å². The number of piperidine rings is 1. The zero-order chi connectivity index (χ0) is 16.6. The molecule has 1 unspecified atom stereocenters. The number of rotatable bonds is 3. The number of hydrogen-bond donors (Lipinski definition) is 1. The molecule has 0 bridgehead atoms. The molecule has 130 valence electrons. The lowest BCUT2D eigenvalue weighted by molar-refractivity contribution is -0.00902. The lowest BCUT2D eigenvalue weighted by atomic mass is 9.61. The van der Waals surface area contributed by atoms with Crippen molar-refractivity contribution in [2.75, 3.05) is 19.7 Å².